The van der Waals surface area contributed by atoms with Crippen molar-refractivity contribution in [3.05, 3.63) is 29.3 Å². The van der Waals surface area contributed by atoms with Crippen molar-refractivity contribution in [2.45, 2.75) is 26.2 Å². The van der Waals surface area contributed by atoms with E-state index in [2.05, 4.69) is 5.32 Å². The lowest BCUT2D eigenvalue weighted by Gasteiger charge is -2.17. The predicted octanol–water partition coefficient (Wildman–Crippen LogP) is 2.48. The van der Waals surface area contributed by atoms with Crippen LogP contribution < -0.4 is 5.32 Å². The second-order valence-corrected chi connectivity index (χ2v) is 4.65. The molecule has 16 heavy (non-hydrogen) atoms. The summed E-state index contributed by atoms with van der Waals surface area (Å²) in [6, 6.07) is 5.96. The zero-order chi connectivity index (χ0) is 11.7. The Morgan fingerprint density at radius 1 is 1.44 bits per heavy atom. The molecule has 86 valence electrons. The van der Waals surface area contributed by atoms with Crippen LogP contribution in [0.5, 0.6) is 0 Å². The fourth-order valence-corrected chi connectivity index (χ4v) is 2.33. The van der Waals surface area contributed by atoms with E-state index in [4.69, 9.17) is 0 Å². The molecule has 0 spiro atoms. The average molecular weight is 219 g/mol. The summed E-state index contributed by atoms with van der Waals surface area (Å²) in [6.07, 6.45) is 0.994. The van der Waals surface area contributed by atoms with E-state index in [0.717, 1.165) is 24.2 Å². The van der Waals surface area contributed by atoms with Crippen molar-refractivity contribution in [1.29, 1.82) is 0 Å². The lowest BCUT2D eigenvalue weighted by atomic mass is 9.87. The second-order valence-electron chi connectivity index (χ2n) is 4.65. The quantitative estimate of drug-likeness (QED) is 0.821. The Bertz CT molecular complexity index is 412. The number of rotatable bonds is 3. The molecule has 1 unspecified atom stereocenters. The summed E-state index contributed by atoms with van der Waals surface area (Å²) >= 11 is 0. The molecule has 1 aliphatic rings. The van der Waals surface area contributed by atoms with Gasteiger partial charge >= 0.3 is 5.97 Å². The molecule has 0 bridgehead atoms. The highest BCUT2D eigenvalue weighted by Crippen LogP contribution is 2.30. The van der Waals surface area contributed by atoms with Crippen molar-refractivity contribution in [2.24, 2.45) is 5.92 Å². The van der Waals surface area contributed by atoms with Gasteiger partial charge in [0, 0.05) is 12.2 Å². The van der Waals surface area contributed by atoms with Crippen LogP contribution in [0.25, 0.3) is 0 Å². The van der Waals surface area contributed by atoms with Gasteiger partial charge in [-0.3, -0.25) is 4.79 Å². The number of hydrogen-bond donors (Lipinski definition) is 2. The first-order chi connectivity index (χ1) is 7.59. The molecule has 0 radical (unpaired) electrons. The van der Waals surface area contributed by atoms with Gasteiger partial charge in [0.25, 0.3) is 0 Å². The predicted molar refractivity (Wildman–Crippen MR) is 63.9 cm³/mol. The van der Waals surface area contributed by atoms with Gasteiger partial charge in [0.15, 0.2) is 0 Å². The number of nitrogens with one attached hydrogen (secondary N) is 1. The van der Waals surface area contributed by atoms with E-state index in [9.17, 15) is 9.90 Å². The molecule has 1 atom stereocenters. The Hall–Kier alpha value is -1.51. The SMILES string of the molecule is CC(C)C(C(=O)O)c1ccc2c(c1)CCN2. The highest BCUT2D eigenvalue weighted by atomic mass is 16.4. The minimum Gasteiger partial charge on any atom is -0.481 e. The molecule has 0 aliphatic carbocycles. The largest absolute Gasteiger partial charge is 0.481 e. The lowest BCUT2D eigenvalue weighted by Crippen LogP contribution is -2.17. The maximum atomic E-state index is 11.2. The van der Waals surface area contributed by atoms with Crippen LogP contribution in [0.3, 0.4) is 0 Å². The lowest BCUT2D eigenvalue weighted by molar-refractivity contribution is -0.139. The van der Waals surface area contributed by atoms with Gasteiger partial charge in [0.05, 0.1) is 5.92 Å². The van der Waals surface area contributed by atoms with E-state index in [0.29, 0.717) is 0 Å². The molecule has 3 heteroatoms. The van der Waals surface area contributed by atoms with Crippen LogP contribution in [0.1, 0.15) is 30.9 Å². The van der Waals surface area contributed by atoms with Gasteiger partial charge in [-0.05, 0) is 29.5 Å². The number of carboxylic acids is 1. The van der Waals surface area contributed by atoms with Gasteiger partial charge in [-0.2, -0.15) is 0 Å². The topological polar surface area (TPSA) is 49.3 Å². The molecule has 1 heterocycles. The molecule has 1 aromatic rings. The molecule has 2 rings (SSSR count). The van der Waals surface area contributed by atoms with Crippen LogP contribution in [-0.4, -0.2) is 17.6 Å². The first-order valence-corrected chi connectivity index (χ1v) is 5.69. The van der Waals surface area contributed by atoms with Gasteiger partial charge in [-0.1, -0.05) is 26.0 Å². The van der Waals surface area contributed by atoms with E-state index >= 15 is 0 Å². The maximum absolute atomic E-state index is 11.2. The van der Waals surface area contributed by atoms with Crippen LogP contribution in [0.15, 0.2) is 18.2 Å². The maximum Gasteiger partial charge on any atom is 0.311 e. The van der Waals surface area contributed by atoms with Crippen molar-refractivity contribution >= 4 is 11.7 Å². The summed E-state index contributed by atoms with van der Waals surface area (Å²) in [5.41, 5.74) is 3.31. The zero-order valence-electron chi connectivity index (χ0n) is 9.66. The minimum absolute atomic E-state index is 0.116. The number of hydrogen-bond acceptors (Lipinski definition) is 2. The molecule has 1 aliphatic heterocycles. The molecule has 0 saturated heterocycles. The van der Waals surface area contributed by atoms with E-state index in [-0.39, 0.29) is 5.92 Å². The molecule has 0 amide bonds. The van der Waals surface area contributed by atoms with Crippen molar-refractivity contribution in [3.8, 4) is 0 Å². The van der Waals surface area contributed by atoms with E-state index in [1.165, 1.54) is 5.56 Å². The molecule has 0 fully saturated rings. The Balaban J connectivity index is 2.35. The van der Waals surface area contributed by atoms with Gasteiger partial charge < -0.3 is 10.4 Å². The Morgan fingerprint density at radius 3 is 2.81 bits per heavy atom. The Morgan fingerprint density at radius 2 is 2.19 bits per heavy atom. The Kier molecular flexibility index (Phi) is 2.86. The summed E-state index contributed by atoms with van der Waals surface area (Å²) in [6.45, 7) is 4.85. The van der Waals surface area contributed by atoms with Gasteiger partial charge in [-0.15, -0.1) is 0 Å². The third-order valence-corrected chi connectivity index (χ3v) is 3.13. The number of fused-ring (bicyclic) bond motifs is 1. The smallest absolute Gasteiger partial charge is 0.311 e. The average Bonchev–Trinajstić information content (AvgIpc) is 2.63. The Labute approximate surface area is 95.5 Å². The van der Waals surface area contributed by atoms with Crippen LogP contribution >= 0.6 is 0 Å². The highest BCUT2D eigenvalue weighted by Gasteiger charge is 2.24. The van der Waals surface area contributed by atoms with Gasteiger partial charge in [0.1, 0.15) is 0 Å². The molecule has 1 aromatic carbocycles. The third kappa shape index (κ3) is 1.90. The summed E-state index contributed by atoms with van der Waals surface area (Å²) in [5, 5.41) is 12.5. The molecule has 2 N–H and O–H groups in total. The van der Waals surface area contributed by atoms with Crippen molar-refractivity contribution in [3.63, 3.8) is 0 Å². The van der Waals surface area contributed by atoms with Gasteiger partial charge in [-0.25, -0.2) is 0 Å². The monoisotopic (exact) mass is 219 g/mol. The normalized spacial score (nSPS) is 15.7. The standard InChI is InChI=1S/C13H17NO2/c1-8(2)12(13(15)16)10-3-4-11-9(7-10)5-6-14-11/h3-4,7-8,12,14H,5-6H2,1-2H3,(H,15,16). The van der Waals surface area contributed by atoms with Crippen LogP contribution in [0.4, 0.5) is 5.69 Å². The number of carbonyl (C=O) groups is 1. The number of benzene rings is 1. The van der Waals surface area contributed by atoms with Crippen molar-refractivity contribution < 1.29 is 9.90 Å². The van der Waals surface area contributed by atoms with E-state index in [1.807, 2.05) is 32.0 Å². The number of carboxylic acid groups (broad SMARTS) is 1. The summed E-state index contributed by atoms with van der Waals surface area (Å²) < 4.78 is 0. The molecular formula is C13H17NO2. The molecule has 0 aromatic heterocycles. The fraction of sp³-hybridized carbons (Fsp3) is 0.462. The van der Waals surface area contributed by atoms with Crippen molar-refractivity contribution in [1.82, 2.24) is 0 Å². The summed E-state index contributed by atoms with van der Waals surface area (Å²) in [5.74, 6) is -1.02. The number of aliphatic carboxylic acids is 1. The first kappa shape index (κ1) is 11.0. The van der Waals surface area contributed by atoms with Crippen LogP contribution in [0, 0.1) is 5.92 Å². The number of anilines is 1. The molecular weight excluding hydrogens is 202 g/mol. The van der Waals surface area contributed by atoms with Gasteiger partial charge in [0.2, 0.25) is 0 Å². The van der Waals surface area contributed by atoms with Crippen LogP contribution in [0.2, 0.25) is 0 Å². The zero-order valence-corrected chi connectivity index (χ0v) is 9.66. The van der Waals surface area contributed by atoms with Crippen molar-refractivity contribution in [2.75, 3.05) is 11.9 Å². The summed E-state index contributed by atoms with van der Waals surface area (Å²) in [4.78, 5) is 11.2. The third-order valence-electron chi connectivity index (χ3n) is 3.13. The molecule has 0 saturated carbocycles. The van der Waals surface area contributed by atoms with Crippen LogP contribution in [-0.2, 0) is 11.2 Å². The minimum atomic E-state index is -0.735. The van der Waals surface area contributed by atoms with E-state index in [1.54, 1.807) is 0 Å². The first-order valence-electron chi connectivity index (χ1n) is 5.69. The summed E-state index contributed by atoms with van der Waals surface area (Å²) in [7, 11) is 0. The molecule has 3 nitrogen and oxygen atoms in total. The second kappa shape index (κ2) is 4.16. The van der Waals surface area contributed by atoms with E-state index < -0.39 is 11.9 Å². The highest BCUT2D eigenvalue weighted by molar-refractivity contribution is 5.77. The fourth-order valence-electron chi connectivity index (χ4n) is 2.33.